The van der Waals surface area contributed by atoms with Crippen molar-refractivity contribution in [2.24, 2.45) is 23.2 Å². The number of carbonyl (C=O) groups is 3. The molecular weight excluding hydrogens is 508 g/mol. The molecule has 3 aliphatic heterocycles. The van der Waals surface area contributed by atoms with Gasteiger partial charge in [-0.2, -0.15) is 0 Å². The molecule has 3 saturated heterocycles. The van der Waals surface area contributed by atoms with E-state index in [1.165, 1.54) is 6.08 Å². The molecule has 3 rings (SSSR count). The minimum Gasteiger partial charge on any atom is -0.461 e. The summed E-state index contributed by atoms with van der Waals surface area (Å²) in [5, 5.41) is 9.18. The second-order valence-electron chi connectivity index (χ2n) is 14.1. The Kier molecular flexibility index (Phi) is 9.67. The summed E-state index contributed by atoms with van der Waals surface area (Å²) in [6, 6.07) is -0.844. The summed E-state index contributed by atoms with van der Waals surface area (Å²) in [6.07, 6.45) is 7.59. The molecule has 0 aliphatic carbocycles. The van der Waals surface area contributed by atoms with Crippen molar-refractivity contribution >= 4 is 17.8 Å². The van der Waals surface area contributed by atoms with Crippen molar-refractivity contribution in [3.8, 4) is 0 Å². The van der Waals surface area contributed by atoms with E-state index in [1.54, 1.807) is 11.0 Å². The monoisotopic (exact) mass is 560 g/mol. The van der Waals surface area contributed by atoms with Crippen molar-refractivity contribution in [1.82, 2.24) is 9.80 Å². The highest BCUT2D eigenvalue weighted by atomic mass is 16.6. The summed E-state index contributed by atoms with van der Waals surface area (Å²) >= 11 is 0. The van der Waals surface area contributed by atoms with E-state index in [9.17, 15) is 19.5 Å². The van der Waals surface area contributed by atoms with Crippen molar-refractivity contribution in [2.45, 2.75) is 110 Å². The van der Waals surface area contributed by atoms with Gasteiger partial charge in [0, 0.05) is 25.2 Å². The molecule has 1 spiro atoms. The molecule has 0 aromatic carbocycles. The molecule has 0 aromatic rings. The number of amides is 2. The third-order valence-corrected chi connectivity index (χ3v) is 9.22. The Morgan fingerprint density at radius 1 is 1.15 bits per heavy atom. The molecule has 226 valence electrons. The summed E-state index contributed by atoms with van der Waals surface area (Å²) in [4.78, 5) is 46.1. The average molecular weight is 561 g/mol. The third kappa shape index (κ3) is 5.76. The van der Waals surface area contributed by atoms with Crippen LogP contribution in [0.4, 0.5) is 0 Å². The molecule has 3 fully saturated rings. The molecule has 0 radical (unpaired) electrons. The van der Waals surface area contributed by atoms with Crippen LogP contribution in [0, 0.1) is 23.2 Å². The summed E-state index contributed by atoms with van der Waals surface area (Å²) < 4.78 is 12.3. The maximum atomic E-state index is 14.8. The smallest absolute Gasteiger partial charge is 0.313 e. The number of carbonyl (C=O) groups excluding carboxylic acids is 3. The molecule has 0 saturated carbocycles. The number of rotatable bonds is 14. The van der Waals surface area contributed by atoms with Gasteiger partial charge in [0.2, 0.25) is 11.8 Å². The van der Waals surface area contributed by atoms with E-state index in [2.05, 4.69) is 47.8 Å². The quantitative estimate of drug-likeness (QED) is 0.191. The van der Waals surface area contributed by atoms with Gasteiger partial charge in [-0.15, -0.1) is 6.58 Å². The lowest BCUT2D eigenvalue weighted by molar-refractivity contribution is -0.162. The first-order valence-electron chi connectivity index (χ1n) is 14.9. The van der Waals surface area contributed by atoms with Gasteiger partial charge >= 0.3 is 5.97 Å². The average Bonchev–Trinajstić information content (AvgIpc) is 3.35. The predicted molar refractivity (Wildman–Crippen MR) is 155 cm³/mol. The van der Waals surface area contributed by atoms with Gasteiger partial charge in [0.15, 0.2) is 0 Å². The van der Waals surface area contributed by atoms with Crippen LogP contribution in [0.15, 0.2) is 25.3 Å². The molecule has 0 aromatic heterocycles. The maximum absolute atomic E-state index is 14.8. The SMILES string of the molecule is C=CCOC(=O)[C@@H]1[C@H]2C(=O)N(CCCCCCO)C(C(=O)N(CC=C)C(C)(C)CC(C)(C)C)C23CC(C)[C@@]1(C)O3. The van der Waals surface area contributed by atoms with E-state index in [0.717, 1.165) is 19.3 Å². The summed E-state index contributed by atoms with van der Waals surface area (Å²) in [6.45, 7) is 23.0. The Balaban J connectivity index is 2.08. The molecule has 8 nitrogen and oxygen atoms in total. The van der Waals surface area contributed by atoms with E-state index in [1.807, 2.05) is 18.7 Å². The molecule has 8 heteroatoms. The zero-order valence-corrected chi connectivity index (χ0v) is 25.8. The van der Waals surface area contributed by atoms with E-state index in [-0.39, 0.29) is 36.4 Å². The zero-order chi connectivity index (χ0) is 30.1. The molecule has 3 aliphatic rings. The maximum Gasteiger partial charge on any atom is 0.313 e. The van der Waals surface area contributed by atoms with Gasteiger partial charge in [-0.1, -0.05) is 59.3 Å². The lowest BCUT2D eigenvalue weighted by Gasteiger charge is -2.45. The number of aliphatic hydroxyl groups is 1. The minimum atomic E-state index is -1.11. The van der Waals surface area contributed by atoms with Gasteiger partial charge in [0.05, 0.1) is 11.5 Å². The summed E-state index contributed by atoms with van der Waals surface area (Å²) in [5.41, 5.74) is -2.56. The van der Waals surface area contributed by atoms with Crippen LogP contribution in [0.2, 0.25) is 0 Å². The highest BCUT2D eigenvalue weighted by Gasteiger charge is 2.80. The second-order valence-corrected chi connectivity index (χ2v) is 14.1. The van der Waals surface area contributed by atoms with E-state index in [0.29, 0.717) is 32.4 Å². The number of hydrogen-bond donors (Lipinski definition) is 1. The minimum absolute atomic E-state index is 0.0355. The zero-order valence-electron chi connectivity index (χ0n) is 25.8. The number of ether oxygens (including phenoxy) is 2. The van der Waals surface area contributed by atoms with Crippen molar-refractivity contribution in [1.29, 1.82) is 0 Å². The highest BCUT2D eigenvalue weighted by molar-refractivity contribution is 5.98. The standard InChI is InChI=1S/C32H52N2O6/c1-10-16-34(30(7,8)21-29(4,5)6)27(37)25-32-20-22(3)31(9,40-32)24(28(38)39-19-11-2)23(32)26(36)33(25)17-14-12-13-15-18-35/h10-11,22-25,35H,1-2,12-21H2,3-9H3/t22?,23-,24-,25?,31+,32?/m0/s1. The van der Waals surface area contributed by atoms with Gasteiger partial charge in [0.25, 0.3) is 0 Å². The fourth-order valence-electron chi connectivity index (χ4n) is 7.90. The van der Waals surface area contributed by atoms with Crippen molar-refractivity contribution in [2.75, 3.05) is 26.3 Å². The van der Waals surface area contributed by atoms with E-state index >= 15 is 0 Å². The number of aliphatic hydroxyl groups excluding tert-OH is 1. The normalized spacial score (nSPS) is 31.3. The largest absolute Gasteiger partial charge is 0.461 e. The Labute approximate surface area is 241 Å². The third-order valence-electron chi connectivity index (χ3n) is 9.22. The fourth-order valence-corrected chi connectivity index (χ4v) is 7.90. The molecule has 3 heterocycles. The molecule has 2 bridgehead atoms. The van der Waals surface area contributed by atoms with Crippen LogP contribution in [0.25, 0.3) is 0 Å². The Morgan fingerprint density at radius 3 is 2.38 bits per heavy atom. The fraction of sp³-hybridized carbons (Fsp3) is 0.781. The molecule has 1 N–H and O–H groups in total. The first kappa shape index (κ1) is 32.3. The number of nitrogens with zero attached hydrogens (tertiary/aromatic N) is 2. The summed E-state index contributed by atoms with van der Waals surface area (Å²) in [7, 11) is 0. The topological polar surface area (TPSA) is 96.4 Å². The number of esters is 1. The van der Waals surface area contributed by atoms with Crippen LogP contribution in [0.1, 0.15) is 87.0 Å². The van der Waals surface area contributed by atoms with Gasteiger partial charge in [-0.25, -0.2) is 0 Å². The van der Waals surface area contributed by atoms with Crippen molar-refractivity contribution in [3.05, 3.63) is 25.3 Å². The van der Waals surface area contributed by atoms with Crippen LogP contribution >= 0.6 is 0 Å². The van der Waals surface area contributed by atoms with Crippen LogP contribution < -0.4 is 0 Å². The molecule has 6 atom stereocenters. The number of unbranched alkanes of at least 4 members (excludes halogenated alkanes) is 3. The lowest BCUT2D eigenvalue weighted by atomic mass is 9.62. The first-order chi connectivity index (χ1) is 18.6. The molecule has 40 heavy (non-hydrogen) atoms. The van der Waals surface area contributed by atoms with Crippen LogP contribution in [0.5, 0.6) is 0 Å². The Morgan fingerprint density at radius 2 is 1.80 bits per heavy atom. The van der Waals surface area contributed by atoms with E-state index in [4.69, 9.17) is 9.47 Å². The Hall–Kier alpha value is -2.19. The number of hydrogen-bond acceptors (Lipinski definition) is 6. The Bertz CT molecular complexity index is 986. The number of likely N-dealkylation sites (tertiary alicyclic amines) is 1. The van der Waals surface area contributed by atoms with Crippen LogP contribution in [0.3, 0.4) is 0 Å². The molecular formula is C32H52N2O6. The van der Waals surface area contributed by atoms with Crippen LogP contribution in [-0.2, 0) is 23.9 Å². The highest BCUT2D eigenvalue weighted by Crippen LogP contribution is 2.65. The molecule has 2 amide bonds. The molecule has 3 unspecified atom stereocenters. The van der Waals surface area contributed by atoms with Crippen LogP contribution in [-0.4, -0.2) is 81.8 Å². The predicted octanol–water partition coefficient (Wildman–Crippen LogP) is 4.51. The lowest BCUT2D eigenvalue weighted by Crippen LogP contribution is -2.61. The number of fused-ring (bicyclic) bond motifs is 1. The van der Waals surface area contributed by atoms with Gasteiger partial charge in [0.1, 0.15) is 24.2 Å². The van der Waals surface area contributed by atoms with Crippen molar-refractivity contribution in [3.63, 3.8) is 0 Å². The van der Waals surface area contributed by atoms with Gasteiger partial charge < -0.3 is 24.4 Å². The van der Waals surface area contributed by atoms with E-state index < -0.39 is 40.6 Å². The summed E-state index contributed by atoms with van der Waals surface area (Å²) in [5.74, 6) is -2.46. The van der Waals surface area contributed by atoms with Gasteiger partial charge in [-0.3, -0.25) is 14.4 Å². The van der Waals surface area contributed by atoms with Gasteiger partial charge in [-0.05, 0) is 57.8 Å². The first-order valence-corrected chi connectivity index (χ1v) is 14.9. The van der Waals surface area contributed by atoms with Crippen molar-refractivity contribution < 1.29 is 29.0 Å². The second kappa shape index (κ2) is 12.0.